The molecule has 0 saturated heterocycles. The molecule has 0 aromatic rings. The smallest absolute Gasteiger partial charge is 0.0617 e. The molecule has 0 heterocycles. The molecule has 3 nitrogen and oxygen atoms in total. The van der Waals surface area contributed by atoms with E-state index in [1.165, 1.54) is 0 Å². The maximum Gasteiger partial charge on any atom is 0.0617 e. The quantitative estimate of drug-likeness (QED) is 0.608. The molecule has 0 bridgehead atoms. The van der Waals surface area contributed by atoms with Crippen molar-refractivity contribution in [3.63, 3.8) is 0 Å². The van der Waals surface area contributed by atoms with Gasteiger partial charge in [-0.15, -0.1) is 23.2 Å². The summed E-state index contributed by atoms with van der Waals surface area (Å²) in [5, 5.41) is 19.0. The van der Waals surface area contributed by atoms with Crippen molar-refractivity contribution in [3.05, 3.63) is 0 Å². The molecule has 6 unspecified atom stereocenters. The predicted molar refractivity (Wildman–Crippen MR) is 81.1 cm³/mol. The van der Waals surface area contributed by atoms with Crippen LogP contribution >= 0.6 is 23.2 Å². The van der Waals surface area contributed by atoms with Crippen LogP contribution in [0.2, 0.25) is 0 Å². The number of aliphatic hydroxyl groups excluding tert-OH is 2. The van der Waals surface area contributed by atoms with Gasteiger partial charge in [-0.05, 0) is 53.4 Å². The van der Waals surface area contributed by atoms with Gasteiger partial charge in [0, 0.05) is 10.8 Å². The van der Waals surface area contributed by atoms with E-state index in [-0.39, 0.29) is 23.0 Å². The molecular formula is C14H28Cl2O3. The van der Waals surface area contributed by atoms with E-state index in [1.807, 2.05) is 13.8 Å². The van der Waals surface area contributed by atoms with Gasteiger partial charge in [-0.25, -0.2) is 0 Å². The highest BCUT2D eigenvalue weighted by Gasteiger charge is 2.22. The van der Waals surface area contributed by atoms with Gasteiger partial charge in [0.25, 0.3) is 0 Å². The van der Waals surface area contributed by atoms with Crippen molar-refractivity contribution in [1.29, 1.82) is 0 Å². The number of aliphatic hydroxyl groups is 2. The molecule has 6 atom stereocenters. The van der Waals surface area contributed by atoms with Gasteiger partial charge in [-0.2, -0.15) is 0 Å². The van der Waals surface area contributed by atoms with Crippen molar-refractivity contribution < 1.29 is 14.9 Å². The summed E-state index contributed by atoms with van der Waals surface area (Å²) in [5.74, 6) is 0. The minimum atomic E-state index is -0.430. The first-order chi connectivity index (χ1) is 8.70. The van der Waals surface area contributed by atoms with Crippen LogP contribution in [0, 0.1) is 0 Å². The molecule has 0 spiro atoms. The summed E-state index contributed by atoms with van der Waals surface area (Å²) in [4.78, 5) is 0. The maximum absolute atomic E-state index is 9.51. The average Bonchev–Trinajstić information content (AvgIpc) is 2.11. The molecule has 5 heteroatoms. The van der Waals surface area contributed by atoms with Gasteiger partial charge in [0.05, 0.1) is 24.4 Å². The van der Waals surface area contributed by atoms with E-state index < -0.39 is 12.2 Å². The van der Waals surface area contributed by atoms with Crippen molar-refractivity contribution in [3.8, 4) is 0 Å². The van der Waals surface area contributed by atoms with E-state index in [9.17, 15) is 10.2 Å². The summed E-state index contributed by atoms with van der Waals surface area (Å²) in [6, 6.07) is 0. The number of ether oxygens (including phenoxy) is 1. The zero-order valence-corrected chi connectivity index (χ0v) is 13.9. The largest absolute Gasteiger partial charge is 0.393 e. The lowest BCUT2D eigenvalue weighted by Gasteiger charge is -2.28. The first-order valence-electron chi connectivity index (χ1n) is 7.00. The standard InChI is InChI=1S/C14H28Cl2O3/c1-9(15)5-13(7-11(3)17)19-14(6-10(2)16)8-12(4)18/h9-14,17-18H,5-8H2,1-4H3. The lowest BCUT2D eigenvalue weighted by Crippen LogP contribution is -2.30. The second-order valence-electron chi connectivity index (χ2n) is 5.58. The topological polar surface area (TPSA) is 49.7 Å². The summed E-state index contributed by atoms with van der Waals surface area (Å²) in [5.41, 5.74) is 0. The van der Waals surface area contributed by atoms with Crippen LogP contribution in [0.15, 0.2) is 0 Å². The van der Waals surface area contributed by atoms with E-state index in [0.29, 0.717) is 25.7 Å². The zero-order chi connectivity index (χ0) is 15.0. The second-order valence-corrected chi connectivity index (χ2v) is 7.07. The Labute approximate surface area is 127 Å². The molecule has 0 saturated carbocycles. The summed E-state index contributed by atoms with van der Waals surface area (Å²) < 4.78 is 6.01. The Balaban J connectivity index is 4.51. The number of hydrogen-bond acceptors (Lipinski definition) is 3. The van der Waals surface area contributed by atoms with E-state index in [4.69, 9.17) is 27.9 Å². The SMILES string of the molecule is CC(O)CC(CC(C)Cl)OC(CC(C)O)CC(C)Cl. The minimum absolute atomic E-state index is 0.00984. The van der Waals surface area contributed by atoms with Crippen LogP contribution < -0.4 is 0 Å². The molecule has 0 aromatic carbocycles. The van der Waals surface area contributed by atoms with Gasteiger partial charge in [0.1, 0.15) is 0 Å². The zero-order valence-electron chi connectivity index (χ0n) is 12.4. The van der Waals surface area contributed by atoms with Crippen LogP contribution in [-0.2, 0) is 4.74 Å². The fourth-order valence-corrected chi connectivity index (χ4v) is 2.57. The van der Waals surface area contributed by atoms with Gasteiger partial charge in [-0.3, -0.25) is 0 Å². The monoisotopic (exact) mass is 314 g/mol. The Morgan fingerprint density at radius 2 is 1.05 bits per heavy atom. The van der Waals surface area contributed by atoms with Crippen molar-refractivity contribution in [1.82, 2.24) is 0 Å². The lowest BCUT2D eigenvalue weighted by molar-refractivity contribution is -0.0562. The van der Waals surface area contributed by atoms with Crippen LogP contribution in [0.3, 0.4) is 0 Å². The normalized spacial score (nSPS) is 21.5. The van der Waals surface area contributed by atoms with Crippen LogP contribution in [-0.4, -0.2) is 45.4 Å². The summed E-state index contributed by atoms with van der Waals surface area (Å²) in [7, 11) is 0. The van der Waals surface area contributed by atoms with Gasteiger partial charge in [0.2, 0.25) is 0 Å². The molecule has 0 aliphatic heterocycles. The molecule has 0 aliphatic carbocycles. The second kappa shape index (κ2) is 10.2. The Bertz CT molecular complexity index is 179. The van der Waals surface area contributed by atoms with Crippen molar-refractivity contribution >= 4 is 23.2 Å². The highest BCUT2D eigenvalue weighted by Crippen LogP contribution is 2.21. The summed E-state index contributed by atoms with van der Waals surface area (Å²) >= 11 is 12.0. The van der Waals surface area contributed by atoms with Crippen LogP contribution in [0.4, 0.5) is 0 Å². The van der Waals surface area contributed by atoms with Crippen LogP contribution in [0.5, 0.6) is 0 Å². The molecule has 0 fully saturated rings. The van der Waals surface area contributed by atoms with Crippen molar-refractivity contribution in [2.45, 2.75) is 88.5 Å². The minimum Gasteiger partial charge on any atom is -0.393 e. The van der Waals surface area contributed by atoms with Gasteiger partial charge in [0.15, 0.2) is 0 Å². The number of alkyl halides is 2. The third-order valence-corrected chi connectivity index (χ3v) is 3.12. The predicted octanol–water partition coefficient (Wildman–Crippen LogP) is 3.32. The fourth-order valence-electron chi connectivity index (χ4n) is 2.17. The highest BCUT2D eigenvalue weighted by molar-refractivity contribution is 6.20. The number of rotatable bonds is 10. The molecule has 0 aliphatic rings. The Morgan fingerprint density at radius 1 is 0.737 bits per heavy atom. The Hall–Kier alpha value is 0.460. The van der Waals surface area contributed by atoms with Crippen LogP contribution in [0.1, 0.15) is 53.4 Å². The van der Waals surface area contributed by atoms with E-state index >= 15 is 0 Å². The van der Waals surface area contributed by atoms with E-state index in [0.717, 1.165) is 0 Å². The molecule has 0 amide bonds. The van der Waals surface area contributed by atoms with Crippen LogP contribution in [0.25, 0.3) is 0 Å². The first-order valence-corrected chi connectivity index (χ1v) is 7.87. The molecule has 0 rings (SSSR count). The first kappa shape index (κ1) is 19.5. The summed E-state index contributed by atoms with van der Waals surface area (Å²) in [6.45, 7) is 7.30. The molecule has 2 N–H and O–H groups in total. The third kappa shape index (κ3) is 11.9. The number of hydrogen-bond donors (Lipinski definition) is 2. The molecular weight excluding hydrogens is 287 g/mol. The van der Waals surface area contributed by atoms with Gasteiger partial charge < -0.3 is 14.9 Å². The molecule has 0 aromatic heterocycles. The molecule has 19 heavy (non-hydrogen) atoms. The van der Waals surface area contributed by atoms with Crippen molar-refractivity contribution in [2.75, 3.05) is 0 Å². The summed E-state index contributed by atoms with van der Waals surface area (Å²) in [6.07, 6.45) is 1.38. The van der Waals surface area contributed by atoms with E-state index in [2.05, 4.69) is 0 Å². The fraction of sp³-hybridized carbons (Fsp3) is 1.00. The van der Waals surface area contributed by atoms with Crippen molar-refractivity contribution in [2.24, 2.45) is 0 Å². The maximum atomic E-state index is 9.51. The lowest BCUT2D eigenvalue weighted by atomic mass is 10.0. The average molecular weight is 315 g/mol. The Morgan fingerprint density at radius 3 is 1.26 bits per heavy atom. The van der Waals surface area contributed by atoms with Gasteiger partial charge in [-0.1, -0.05) is 0 Å². The van der Waals surface area contributed by atoms with E-state index in [1.54, 1.807) is 13.8 Å². The Kier molecular flexibility index (Phi) is 10.5. The molecule has 116 valence electrons. The van der Waals surface area contributed by atoms with Gasteiger partial charge >= 0.3 is 0 Å². The number of halogens is 2. The molecule has 0 radical (unpaired) electrons. The third-order valence-electron chi connectivity index (χ3n) is 2.77. The highest BCUT2D eigenvalue weighted by atomic mass is 35.5.